The summed E-state index contributed by atoms with van der Waals surface area (Å²) in [5.74, 6) is 2.93. The number of nitrogens with zero attached hydrogens (tertiary/aromatic N) is 4. The van der Waals surface area contributed by atoms with Crippen LogP contribution in [0.4, 0.5) is 21.0 Å². The molecule has 1 aliphatic carbocycles. The molecule has 0 aromatic heterocycles. The lowest BCUT2D eigenvalue weighted by atomic mass is 9.89. The maximum absolute atomic E-state index is 14.7. The van der Waals surface area contributed by atoms with Crippen molar-refractivity contribution < 1.29 is 136 Å². The minimum Gasteiger partial charge on any atom is -0.493 e. The number of benzene rings is 4. The zero-order chi connectivity index (χ0) is 79.0. The molecule has 34 nitrogen and oxygen atoms in total. The minimum atomic E-state index is -1.72. The molecule has 4 aromatic carbocycles. The van der Waals surface area contributed by atoms with Gasteiger partial charge in [-0.3, -0.25) is 24.0 Å². The number of ether oxygens (including phenoxy) is 12. The Morgan fingerprint density at radius 2 is 1.10 bits per heavy atom. The minimum absolute atomic E-state index is 0.00390. The van der Waals surface area contributed by atoms with Crippen LogP contribution in [-0.4, -0.2) is 272 Å². The van der Waals surface area contributed by atoms with Crippen LogP contribution in [0, 0.1) is 6.92 Å². The monoisotopic (exact) mass is 1540 g/mol. The molecule has 6 aliphatic rings. The summed E-state index contributed by atoms with van der Waals surface area (Å²) in [6, 6.07) is 11.7. The van der Waals surface area contributed by atoms with Gasteiger partial charge in [0.2, 0.25) is 12.2 Å². The summed E-state index contributed by atoms with van der Waals surface area (Å²) in [6.07, 6.45) is -15.5. The molecule has 3 saturated heterocycles. The largest absolute Gasteiger partial charge is 0.493 e. The first-order chi connectivity index (χ1) is 52.8. The molecular weight excluding hydrogens is 1440 g/mol. The van der Waals surface area contributed by atoms with E-state index >= 15 is 0 Å². The van der Waals surface area contributed by atoms with Crippen LogP contribution in [0.5, 0.6) is 28.7 Å². The molecule has 10 rings (SSSR count). The smallest absolute Gasteiger partial charge is 0.416 e. The number of carbonyl (C=O) groups excluding carboxylic acids is 7. The van der Waals surface area contributed by atoms with Gasteiger partial charge in [0.25, 0.3) is 11.8 Å². The first-order valence-electron chi connectivity index (χ1n) is 36.3. The van der Waals surface area contributed by atoms with E-state index in [1.165, 1.54) is 91.8 Å². The van der Waals surface area contributed by atoms with Gasteiger partial charge in [-0.25, -0.2) is 25.3 Å². The zero-order valence-corrected chi connectivity index (χ0v) is 61.8. The number of hydrogen-bond donors (Lipinski definition) is 10. The number of aliphatic hydroxyl groups is 8. The van der Waals surface area contributed by atoms with Crippen LogP contribution in [-0.2, 0) is 56.0 Å². The Kier molecular flexibility index (Phi) is 29.5. The van der Waals surface area contributed by atoms with Gasteiger partial charge in [-0.2, -0.15) is 0 Å². The van der Waals surface area contributed by atoms with Gasteiger partial charge in [0.15, 0.2) is 35.5 Å². The molecule has 4 aromatic rings. The first kappa shape index (κ1) is 83.5. The number of hydrogen-bond acceptors (Lipinski definition) is 29. The number of nitrogens with two attached hydrogens (primary N) is 1. The third kappa shape index (κ3) is 20.0. The molecule has 600 valence electrons. The van der Waals surface area contributed by atoms with Crippen molar-refractivity contribution in [1.82, 2.24) is 15.1 Å². The Labute approximate surface area is 634 Å². The van der Waals surface area contributed by atoms with Crippen LogP contribution in [0.1, 0.15) is 122 Å². The summed E-state index contributed by atoms with van der Waals surface area (Å²) in [4.78, 5) is 109. The summed E-state index contributed by atoms with van der Waals surface area (Å²) >= 11 is 0. The van der Waals surface area contributed by atoms with Crippen LogP contribution in [0.2, 0.25) is 0 Å². The summed E-state index contributed by atoms with van der Waals surface area (Å²) in [6.45, 7) is 8.91. The summed E-state index contributed by atoms with van der Waals surface area (Å²) in [5.41, 5.74) is 2.12. The molecule has 0 bridgehead atoms. The van der Waals surface area contributed by atoms with Crippen LogP contribution in [0.3, 0.4) is 0 Å². The highest BCUT2D eigenvalue weighted by Gasteiger charge is 2.49. The fourth-order valence-corrected chi connectivity index (χ4v) is 13.9. The van der Waals surface area contributed by atoms with E-state index in [9.17, 15) is 74.4 Å². The van der Waals surface area contributed by atoms with E-state index in [1.807, 2.05) is 0 Å². The van der Waals surface area contributed by atoms with Gasteiger partial charge >= 0.3 is 12.2 Å². The summed E-state index contributed by atoms with van der Waals surface area (Å²) < 4.78 is 69.3. The Bertz CT molecular complexity index is 3960. The first-order valence-corrected chi connectivity index (χ1v) is 36.3. The van der Waals surface area contributed by atoms with Crippen molar-refractivity contribution in [2.24, 2.45) is 5.90 Å². The van der Waals surface area contributed by atoms with Gasteiger partial charge in [-0.1, -0.05) is 36.4 Å². The highest BCUT2D eigenvalue weighted by molar-refractivity contribution is 6.07. The lowest BCUT2D eigenvalue weighted by Gasteiger charge is -2.35. The molecule has 0 spiro atoms. The van der Waals surface area contributed by atoms with E-state index < -0.39 is 135 Å². The number of methoxy groups -OCH3 is 3. The fraction of sp³-hybridized carbons (Fsp3) is 0.539. The lowest BCUT2D eigenvalue weighted by molar-refractivity contribution is -0.242. The SMILES string of the molecule is C=C1C[C@H]2C(O)N(C(=O)OCc3ccc(O[C@@H]4OC[C@@H](O)[C@H](O)[C@H]4O)c(C(=O)CCCOC)c3)c3cc(OCCC(CCOc4cc5c(cc4OC)C(=O)N4CC(=C)C[C@H]4C(O)N5C(=O)OCc4ccc(O[C@@H]5CC[C@@H](O)[C@H](O)[C@H]5O)c(C(=O)CCCOC)c4)NC(=O)COCCOCCON)c(C)cc3C(=O)N2C1. The van der Waals surface area contributed by atoms with E-state index in [1.54, 1.807) is 6.92 Å². The van der Waals surface area contributed by atoms with Crippen LogP contribution in [0.15, 0.2) is 85.0 Å². The molecule has 13 atom stereocenters. The Hall–Kier alpha value is -8.95. The van der Waals surface area contributed by atoms with Gasteiger partial charge in [0.1, 0.15) is 73.7 Å². The van der Waals surface area contributed by atoms with Crippen molar-refractivity contribution in [1.29, 1.82) is 0 Å². The van der Waals surface area contributed by atoms with Gasteiger partial charge in [0, 0.05) is 84.4 Å². The Balaban J connectivity index is 0.878. The summed E-state index contributed by atoms with van der Waals surface area (Å²) in [5, 5.41) is 89.9. The number of anilines is 2. The number of aryl methyl sites for hydroxylation is 1. The van der Waals surface area contributed by atoms with Crippen molar-refractivity contribution in [2.45, 2.75) is 164 Å². The molecule has 34 heteroatoms. The molecular formula is C76H98N6O28. The van der Waals surface area contributed by atoms with E-state index in [0.29, 0.717) is 35.1 Å². The van der Waals surface area contributed by atoms with Crippen molar-refractivity contribution in [3.8, 4) is 28.7 Å². The molecule has 5 heterocycles. The average molecular weight is 1540 g/mol. The number of ketones is 2. The molecule has 5 amide bonds. The van der Waals surface area contributed by atoms with Gasteiger partial charge < -0.3 is 118 Å². The third-order valence-corrected chi connectivity index (χ3v) is 19.8. The number of nitrogens with one attached hydrogen (secondary N) is 1. The van der Waals surface area contributed by atoms with Gasteiger partial charge in [-0.05, 0) is 98.5 Å². The highest BCUT2D eigenvalue weighted by Crippen LogP contribution is 2.44. The summed E-state index contributed by atoms with van der Waals surface area (Å²) in [7, 11) is 4.31. The number of carbonyl (C=O) groups is 7. The molecule has 11 N–H and O–H groups in total. The fourth-order valence-electron chi connectivity index (χ4n) is 13.9. The number of fused-ring (bicyclic) bond motifs is 4. The Morgan fingerprint density at radius 1 is 0.582 bits per heavy atom. The zero-order valence-electron chi connectivity index (χ0n) is 61.8. The highest BCUT2D eigenvalue weighted by atomic mass is 16.7. The van der Waals surface area contributed by atoms with Gasteiger partial charge in [-0.15, -0.1) is 0 Å². The number of amides is 5. The standard InChI is InChI=1S/C76H98N6O28/c1-41-27-53-72(94)81(75(96)106-38-45-12-15-60(50(31-45)56(84)10-8-20-99-5)110-74-69(91)67(89)58(86)39-105-74)51-33-62(43(3)29-47(51)70(92)79(53)35-41)103-21-17-46(78-65(87)40-102-24-23-101-25-26-108-77)18-22-104-64-34-52-48(32-63(64)100-6)71(93)80-36-42(2)28-54(80)73(95)82(52)76(97)107-37-44-11-14-59(49(30-44)55(83)9-7-19-98-4)109-61-16-13-57(85)66(88)68(61)90/h11-12,14-15,29-34,46,53-54,57-58,61,66-69,72-74,85-86,88-91,94-95H,1-2,7-10,13,16-28,35-40,77H2,3-6H3,(H,78,87)/t46?,53-,54-,57+,58+,61+,66-,67-,68-,69+,72?,73?,74-/m0/s1. The van der Waals surface area contributed by atoms with Crippen molar-refractivity contribution >= 4 is 52.8 Å². The van der Waals surface area contributed by atoms with E-state index in [2.05, 4.69) is 23.3 Å². The van der Waals surface area contributed by atoms with Crippen molar-refractivity contribution in [3.63, 3.8) is 0 Å². The second-order valence-corrected chi connectivity index (χ2v) is 27.7. The molecule has 3 unspecified atom stereocenters. The normalized spacial score (nSPS) is 24.0. The van der Waals surface area contributed by atoms with E-state index in [-0.39, 0.29) is 198 Å². The molecule has 110 heavy (non-hydrogen) atoms. The van der Waals surface area contributed by atoms with Gasteiger partial charge in [0.05, 0.1) is 105 Å². The maximum atomic E-state index is 14.7. The van der Waals surface area contributed by atoms with Crippen LogP contribution >= 0.6 is 0 Å². The van der Waals surface area contributed by atoms with Crippen LogP contribution in [0.25, 0.3) is 0 Å². The quantitative estimate of drug-likeness (QED) is 0.0135. The van der Waals surface area contributed by atoms with Crippen molar-refractivity contribution in [3.05, 3.63) is 124 Å². The molecule has 5 aliphatic heterocycles. The number of Topliss-reactive ketones (excluding diaryl/α,β-unsaturated/α-hetero) is 2. The molecule has 0 radical (unpaired) electrons. The molecule has 1 saturated carbocycles. The van der Waals surface area contributed by atoms with E-state index in [4.69, 9.17) is 62.7 Å². The average Bonchev–Trinajstić information content (AvgIpc) is 1.60. The molecule has 4 fully saturated rings. The topological polar surface area (TPSA) is 452 Å². The number of rotatable bonds is 36. The predicted octanol–water partition coefficient (Wildman–Crippen LogP) is 2.80. The van der Waals surface area contributed by atoms with Crippen molar-refractivity contribution in [2.75, 3.05) is 110 Å². The Morgan fingerprint density at radius 3 is 1.65 bits per heavy atom. The second-order valence-electron chi connectivity index (χ2n) is 27.7. The lowest BCUT2D eigenvalue weighted by Crippen LogP contribution is -2.54. The predicted molar refractivity (Wildman–Crippen MR) is 386 cm³/mol. The third-order valence-electron chi connectivity index (χ3n) is 19.8. The second kappa shape index (κ2) is 38.8. The number of aliphatic hydroxyl groups excluding tert-OH is 8. The van der Waals surface area contributed by atoms with Crippen LogP contribution < -0.4 is 44.7 Å². The maximum Gasteiger partial charge on any atom is 0.416 e. The van der Waals surface area contributed by atoms with E-state index in [0.717, 1.165) is 9.80 Å².